The lowest BCUT2D eigenvalue weighted by Crippen LogP contribution is -2.58. The van der Waals surface area contributed by atoms with Crippen LogP contribution in [0.1, 0.15) is 18.1 Å². The lowest BCUT2D eigenvalue weighted by molar-refractivity contribution is -0.137. The van der Waals surface area contributed by atoms with Crippen molar-refractivity contribution < 1.29 is 18.0 Å². The Morgan fingerprint density at radius 3 is 2.74 bits per heavy atom. The number of halogens is 3. The van der Waals surface area contributed by atoms with Crippen molar-refractivity contribution in [1.82, 2.24) is 10.2 Å². The average molecular weight is 324 g/mol. The molecule has 0 unspecified atom stereocenters. The Hall–Kier alpha value is -2.27. The van der Waals surface area contributed by atoms with Crippen molar-refractivity contribution in [2.24, 2.45) is 0 Å². The molecule has 2 aliphatic heterocycles. The molecule has 0 saturated carbocycles. The molecule has 3 rings (SSSR count). The highest BCUT2D eigenvalue weighted by Gasteiger charge is 2.48. The van der Waals surface area contributed by atoms with Crippen molar-refractivity contribution in [2.75, 3.05) is 31.1 Å². The predicted molar refractivity (Wildman–Crippen MR) is 76.9 cm³/mol. The van der Waals surface area contributed by atoms with Crippen molar-refractivity contribution >= 4 is 11.7 Å². The lowest BCUT2D eigenvalue weighted by Gasteiger charge is -2.38. The molecule has 23 heavy (non-hydrogen) atoms. The van der Waals surface area contributed by atoms with Crippen LogP contribution in [-0.4, -0.2) is 42.6 Å². The molecule has 2 aliphatic rings. The maximum atomic E-state index is 13.1. The van der Waals surface area contributed by atoms with E-state index in [1.807, 2.05) is 6.92 Å². The van der Waals surface area contributed by atoms with Crippen molar-refractivity contribution in [3.63, 3.8) is 0 Å². The van der Waals surface area contributed by atoms with E-state index in [1.165, 1.54) is 11.0 Å². The Morgan fingerprint density at radius 1 is 1.39 bits per heavy atom. The van der Waals surface area contributed by atoms with Crippen LogP contribution in [0.5, 0.6) is 0 Å². The van der Waals surface area contributed by atoms with Gasteiger partial charge in [-0.1, -0.05) is 0 Å². The van der Waals surface area contributed by atoms with E-state index in [4.69, 9.17) is 5.26 Å². The summed E-state index contributed by atoms with van der Waals surface area (Å²) in [4.78, 5) is 15.6. The van der Waals surface area contributed by atoms with Gasteiger partial charge in [0.2, 0.25) is 0 Å². The smallest absolute Gasteiger partial charge is 0.315 e. The molecule has 0 spiro atoms. The zero-order valence-corrected chi connectivity index (χ0v) is 12.4. The Morgan fingerprint density at radius 2 is 2.13 bits per heavy atom. The summed E-state index contributed by atoms with van der Waals surface area (Å²) in [5.74, 6) is 0. The number of nitrogens with zero attached hydrogens (tertiary/aromatic N) is 3. The fourth-order valence-electron chi connectivity index (χ4n) is 3.17. The van der Waals surface area contributed by atoms with E-state index in [1.54, 1.807) is 11.0 Å². The van der Waals surface area contributed by atoms with Gasteiger partial charge in [-0.05, 0) is 25.1 Å². The van der Waals surface area contributed by atoms with Gasteiger partial charge in [0.25, 0.3) is 0 Å². The maximum Gasteiger partial charge on any atom is 0.417 e. The van der Waals surface area contributed by atoms with E-state index in [2.05, 4.69) is 5.32 Å². The molecule has 5 nitrogen and oxygen atoms in total. The molecule has 2 saturated heterocycles. The standard InChI is InChI=1S/C15H15F3N4O/c1-14-8-20-4-5-22(14)13(23)21(9-14)11-3-2-10(7-19)12(6-11)15(16,17)18/h2-3,6,20H,4-5,8-9H2,1H3/t14-/m0/s1. The fraction of sp³-hybridized carbons (Fsp3) is 0.467. The summed E-state index contributed by atoms with van der Waals surface area (Å²) >= 11 is 0. The van der Waals surface area contributed by atoms with Crippen LogP contribution in [0.4, 0.5) is 23.7 Å². The van der Waals surface area contributed by atoms with E-state index in [-0.39, 0.29) is 11.7 Å². The van der Waals surface area contributed by atoms with E-state index in [0.29, 0.717) is 26.2 Å². The Balaban J connectivity index is 2.00. The first-order valence-electron chi connectivity index (χ1n) is 7.17. The molecule has 2 heterocycles. The summed E-state index contributed by atoms with van der Waals surface area (Å²) in [6, 6.07) is 4.63. The first-order chi connectivity index (χ1) is 10.8. The van der Waals surface area contributed by atoms with Crippen LogP contribution in [0.2, 0.25) is 0 Å². The van der Waals surface area contributed by atoms with E-state index in [9.17, 15) is 18.0 Å². The summed E-state index contributed by atoms with van der Waals surface area (Å²) in [6.07, 6.45) is -4.64. The van der Waals surface area contributed by atoms with E-state index < -0.39 is 22.8 Å². The molecule has 0 bridgehead atoms. The number of nitriles is 1. The maximum absolute atomic E-state index is 13.1. The van der Waals surface area contributed by atoms with E-state index in [0.717, 1.165) is 12.1 Å². The van der Waals surface area contributed by atoms with Gasteiger partial charge in [0, 0.05) is 25.3 Å². The number of benzene rings is 1. The van der Waals surface area contributed by atoms with Gasteiger partial charge in [-0.3, -0.25) is 4.90 Å². The number of alkyl halides is 3. The summed E-state index contributed by atoms with van der Waals surface area (Å²) < 4.78 is 39.3. The van der Waals surface area contributed by atoms with Gasteiger partial charge < -0.3 is 10.2 Å². The van der Waals surface area contributed by atoms with Crippen molar-refractivity contribution in [2.45, 2.75) is 18.6 Å². The minimum Gasteiger partial charge on any atom is -0.315 e. The van der Waals surface area contributed by atoms with Gasteiger partial charge in [-0.25, -0.2) is 4.79 Å². The molecule has 122 valence electrons. The minimum absolute atomic E-state index is 0.164. The van der Waals surface area contributed by atoms with Gasteiger partial charge in [-0.15, -0.1) is 0 Å². The van der Waals surface area contributed by atoms with Gasteiger partial charge in [0.05, 0.1) is 29.3 Å². The number of carbonyl (C=O) groups excluding carboxylic acids is 1. The lowest BCUT2D eigenvalue weighted by atomic mass is 9.99. The van der Waals surface area contributed by atoms with Crippen LogP contribution in [0.25, 0.3) is 0 Å². The van der Waals surface area contributed by atoms with Gasteiger partial charge >= 0.3 is 12.2 Å². The third-order valence-electron chi connectivity index (χ3n) is 4.37. The van der Waals surface area contributed by atoms with Crippen molar-refractivity contribution in [3.8, 4) is 6.07 Å². The fourth-order valence-corrected chi connectivity index (χ4v) is 3.17. The van der Waals surface area contributed by atoms with Gasteiger partial charge in [0.15, 0.2) is 0 Å². The van der Waals surface area contributed by atoms with Gasteiger partial charge in [-0.2, -0.15) is 18.4 Å². The van der Waals surface area contributed by atoms with Crippen LogP contribution < -0.4 is 10.2 Å². The second-order valence-corrected chi connectivity index (χ2v) is 6.03. The molecule has 2 amide bonds. The number of nitrogens with one attached hydrogen (secondary N) is 1. The van der Waals surface area contributed by atoms with Crippen LogP contribution in [0, 0.1) is 11.3 Å². The highest BCUT2D eigenvalue weighted by Crippen LogP contribution is 2.37. The van der Waals surface area contributed by atoms with E-state index >= 15 is 0 Å². The molecule has 0 radical (unpaired) electrons. The third-order valence-corrected chi connectivity index (χ3v) is 4.37. The predicted octanol–water partition coefficient (Wildman–Crippen LogP) is 2.18. The molecule has 0 aliphatic carbocycles. The number of amides is 2. The highest BCUT2D eigenvalue weighted by atomic mass is 19.4. The van der Waals surface area contributed by atoms with Crippen molar-refractivity contribution in [3.05, 3.63) is 29.3 Å². The summed E-state index contributed by atoms with van der Waals surface area (Å²) in [7, 11) is 0. The number of hydrogen-bond donors (Lipinski definition) is 1. The molecular formula is C15H15F3N4O. The number of anilines is 1. The molecule has 8 heteroatoms. The Bertz CT molecular complexity index is 697. The van der Waals surface area contributed by atoms with Crippen LogP contribution in [0.15, 0.2) is 18.2 Å². The van der Waals surface area contributed by atoms with Crippen LogP contribution >= 0.6 is 0 Å². The van der Waals surface area contributed by atoms with Gasteiger partial charge in [0.1, 0.15) is 0 Å². The molecule has 2 fully saturated rings. The molecular weight excluding hydrogens is 309 g/mol. The molecule has 1 aromatic carbocycles. The topological polar surface area (TPSA) is 59.4 Å². The summed E-state index contributed by atoms with van der Waals surface area (Å²) in [5.41, 5.74) is -1.74. The first kappa shape index (κ1) is 15.6. The quantitative estimate of drug-likeness (QED) is 0.861. The number of fused-ring (bicyclic) bond motifs is 1. The summed E-state index contributed by atoms with van der Waals surface area (Å²) in [6.45, 7) is 4.00. The Labute approximate surface area is 131 Å². The van der Waals surface area contributed by atoms with Crippen molar-refractivity contribution in [1.29, 1.82) is 5.26 Å². The minimum atomic E-state index is -4.64. The zero-order chi connectivity index (χ0) is 16.8. The van der Waals surface area contributed by atoms with Crippen LogP contribution in [-0.2, 0) is 6.18 Å². The first-order valence-corrected chi connectivity index (χ1v) is 7.17. The normalized spacial score (nSPS) is 24.6. The second kappa shape index (κ2) is 5.13. The highest BCUT2D eigenvalue weighted by molar-refractivity contribution is 5.95. The SMILES string of the molecule is C[C@@]12CNCCN1C(=O)N(c1ccc(C#N)c(C(F)(F)F)c1)C2. The van der Waals surface area contributed by atoms with Crippen LogP contribution in [0.3, 0.4) is 0 Å². The number of carbonyl (C=O) groups is 1. The molecule has 0 aromatic heterocycles. The number of urea groups is 1. The molecule has 1 aromatic rings. The zero-order valence-electron chi connectivity index (χ0n) is 12.4. The number of piperazine rings is 1. The largest absolute Gasteiger partial charge is 0.417 e. The monoisotopic (exact) mass is 324 g/mol. The average Bonchev–Trinajstić information content (AvgIpc) is 2.77. The Kier molecular flexibility index (Phi) is 3.48. The second-order valence-electron chi connectivity index (χ2n) is 6.03. The number of hydrogen-bond acceptors (Lipinski definition) is 3. The molecule has 1 N–H and O–H groups in total. The third kappa shape index (κ3) is 2.51. The summed E-state index contributed by atoms with van der Waals surface area (Å²) in [5, 5.41) is 12.1. The molecule has 1 atom stereocenters. The number of rotatable bonds is 1.